The highest BCUT2D eigenvalue weighted by Crippen LogP contribution is 2.30. The van der Waals surface area contributed by atoms with Crippen LogP contribution in [0.25, 0.3) is 20.7 Å². The molecule has 4 aromatic rings. The van der Waals surface area contributed by atoms with E-state index in [4.69, 9.17) is 0 Å². The quantitative estimate of drug-likeness (QED) is 0.480. The molecule has 0 saturated carbocycles. The van der Waals surface area contributed by atoms with Crippen LogP contribution in [0.1, 0.15) is 32.2 Å². The maximum atomic E-state index is 12.5. The van der Waals surface area contributed by atoms with Gasteiger partial charge < -0.3 is 10.3 Å². The second-order valence-corrected chi connectivity index (χ2v) is 8.92. The zero-order valence-corrected chi connectivity index (χ0v) is 17.1. The van der Waals surface area contributed by atoms with Crippen molar-refractivity contribution in [3.63, 3.8) is 0 Å². The molecule has 4 rings (SSSR count). The van der Waals surface area contributed by atoms with E-state index < -0.39 is 0 Å². The summed E-state index contributed by atoms with van der Waals surface area (Å²) >= 11 is 1.55. The van der Waals surface area contributed by atoms with E-state index in [2.05, 4.69) is 60.3 Å². The van der Waals surface area contributed by atoms with Crippen molar-refractivity contribution in [3.05, 3.63) is 82.4 Å². The number of nitrogens with zero attached hydrogens (tertiary/aromatic N) is 1. The topological polar surface area (TPSA) is 57.8 Å². The molecule has 0 saturated heterocycles. The summed E-state index contributed by atoms with van der Waals surface area (Å²) in [7, 11) is 0. The van der Waals surface area contributed by atoms with Crippen molar-refractivity contribution < 1.29 is 0 Å². The highest BCUT2D eigenvalue weighted by molar-refractivity contribution is 7.21. The first-order valence-corrected chi connectivity index (χ1v) is 10.1. The Bertz CT molecular complexity index is 1150. The number of rotatable bonds is 4. The van der Waals surface area contributed by atoms with Crippen LogP contribution in [0.4, 0.5) is 5.69 Å². The van der Waals surface area contributed by atoms with Gasteiger partial charge in [0.05, 0.1) is 11.9 Å². The van der Waals surface area contributed by atoms with Crippen LogP contribution in [0.5, 0.6) is 0 Å². The summed E-state index contributed by atoms with van der Waals surface area (Å²) < 4.78 is 0. The monoisotopic (exact) mass is 389 g/mol. The fourth-order valence-corrected chi connectivity index (χ4v) is 4.13. The first-order chi connectivity index (χ1) is 13.4. The predicted octanol–water partition coefficient (Wildman–Crippen LogP) is 5.56. The molecule has 0 amide bonds. The molecule has 4 nitrogen and oxygen atoms in total. The number of aromatic nitrogens is 2. The molecule has 0 aliphatic heterocycles. The summed E-state index contributed by atoms with van der Waals surface area (Å²) in [5.74, 6) is 0.638. The van der Waals surface area contributed by atoms with Crippen molar-refractivity contribution in [1.29, 1.82) is 0 Å². The second kappa shape index (κ2) is 7.24. The lowest BCUT2D eigenvalue weighted by molar-refractivity contribution is 0.590. The highest BCUT2D eigenvalue weighted by Gasteiger charge is 2.13. The van der Waals surface area contributed by atoms with E-state index in [1.54, 1.807) is 11.3 Å². The van der Waals surface area contributed by atoms with Crippen molar-refractivity contribution >= 4 is 27.2 Å². The Morgan fingerprint density at radius 3 is 2.43 bits per heavy atom. The van der Waals surface area contributed by atoms with E-state index in [-0.39, 0.29) is 11.0 Å². The van der Waals surface area contributed by atoms with Crippen molar-refractivity contribution in [2.24, 2.45) is 0 Å². The Hall–Kier alpha value is -2.92. The van der Waals surface area contributed by atoms with Gasteiger partial charge in [0, 0.05) is 10.6 Å². The minimum Gasteiger partial charge on any atom is -0.378 e. The average Bonchev–Trinajstić information content (AvgIpc) is 3.12. The van der Waals surface area contributed by atoms with Gasteiger partial charge in [0.15, 0.2) is 0 Å². The molecular formula is C23H23N3OS. The maximum Gasteiger partial charge on any atom is 0.259 e. The van der Waals surface area contributed by atoms with Crippen LogP contribution in [0.2, 0.25) is 0 Å². The zero-order valence-electron chi connectivity index (χ0n) is 16.2. The molecule has 2 N–H and O–H groups in total. The molecule has 2 aromatic carbocycles. The van der Waals surface area contributed by atoms with Crippen molar-refractivity contribution in [2.45, 2.75) is 32.7 Å². The van der Waals surface area contributed by atoms with Crippen LogP contribution in [0, 0.1) is 0 Å². The van der Waals surface area contributed by atoms with E-state index in [0.29, 0.717) is 17.8 Å². The largest absolute Gasteiger partial charge is 0.378 e. The van der Waals surface area contributed by atoms with Gasteiger partial charge in [0.1, 0.15) is 10.7 Å². The standard InChI is InChI=1S/C23H23N3OS/c1-23(2,3)16-9-11-17(12-10-16)24-14-20-25-21(27)18-13-19(28-22(18)26-20)15-7-5-4-6-8-15/h4-13,24H,14H2,1-3H3,(H,25,26,27). The SMILES string of the molecule is CC(C)(C)c1ccc(NCc2nc3sc(-c4ccccc4)cc3c(=O)[nH]2)cc1. The van der Waals surface area contributed by atoms with Gasteiger partial charge in [0.25, 0.3) is 5.56 Å². The van der Waals surface area contributed by atoms with E-state index in [0.717, 1.165) is 21.0 Å². The molecule has 2 aromatic heterocycles. The number of hydrogen-bond acceptors (Lipinski definition) is 4. The van der Waals surface area contributed by atoms with Gasteiger partial charge in [-0.1, -0.05) is 63.2 Å². The van der Waals surface area contributed by atoms with Crippen LogP contribution in [-0.2, 0) is 12.0 Å². The Labute approximate surface area is 168 Å². The minimum absolute atomic E-state index is 0.0942. The van der Waals surface area contributed by atoms with Crippen LogP contribution in [0.3, 0.4) is 0 Å². The molecule has 5 heteroatoms. The third kappa shape index (κ3) is 3.85. The van der Waals surface area contributed by atoms with Crippen LogP contribution < -0.4 is 10.9 Å². The fraction of sp³-hybridized carbons (Fsp3) is 0.217. The number of H-pyrrole nitrogens is 1. The maximum absolute atomic E-state index is 12.5. The van der Waals surface area contributed by atoms with E-state index >= 15 is 0 Å². The number of nitrogens with one attached hydrogen (secondary N) is 2. The van der Waals surface area contributed by atoms with E-state index in [1.807, 2.05) is 36.4 Å². The zero-order chi connectivity index (χ0) is 19.7. The molecule has 0 atom stereocenters. The first kappa shape index (κ1) is 18.4. The van der Waals surface area contributed by atoms with E-state index in [1.165, 1.54) is 5.56 Å². The summed E-state index contributed by atoms with van der Waals surface area (Å²) in [6, 6.07) is 20.4. The summed E-state index contributed by atoms with van der Waals surface area (Å²) in [4.78, 5) is 21.9. The Balaban J connectivity index is 1.55. The average molecular weight is 390 g/mol. The van der Waals surface area contributed by atoms with Crippen molar-refractivity contribution in [2.75, 3.05) is 5.32 Å². The molecule has 0 unspecified atom stereocenters. The Kier molecular flexibility index (Phi) is 4.77. The molecule has 0 radical (unpaired) electrons. The van der Waals surface area contributed by atoms with Gasteiger partial charge in [-0.2, -0.15) is 0 Å². The highest BCUT2D eigenvalue weighted by atomic mass is 32.1. The number of benzene rings is 2. The smallest absolute Gasteiger partial charge is 0.259 e. The Morgan fingerprint density at radius 1 is 1.04 bits per heavy atom. The van der Waals surface area contributed by atoms with Gasteiger partial charge in [-0.15, -0.1) is 11.3 Å². The van der Waals surface area contributed by atoms with Crippen LogP contribution in [-0.4, -0.2) is 9.97 Å². The van der Waals surface area contributed by atoms with Crippen LogP contribution in [0.15, 0.2) is 65.5 Å². The summed E-state index contributed by atoms with van der Waals surface area (Å²) in [6.45, 7) is 7.07. The van der Waals surface area contributed by atoms with Gasteiger partial charge in [-0.05, 0) is 34.7 Å². The van der Waals surface area contributed by atoms with Gasteiger partial charge in [0.2, 0.25) is 0 Å². The molecule has 0 fully saturated rings. The second-order valence-electron chi connectivity index (χ2n) is 7.89. The number of fused-ring (bicyclic) bond motifs is 1. The molecule has 0 bridgehead atoms. The molecular weight excluding hydrogens is 366 g/mol. The molecule has 2 heterocycles. The number of anilines is 1. The lowest BCUT2D eigenvalue weighted by Crippen LogP contribution is -2.14. The number of hydrogen-bond donors (Lipinski definition) is 2. The van der Waals surface area contributed by atoms with Gasteiger partial charge >= 0.3 is 0 Å². The summed E-state index contributed by atoms with van der Waals surface area (Å²) in [5.41, 5.74) is 3.43. The van der Waals surface area contributed by atoms with E-state index in [9.17, 15) is 4.79 Å². The van der Waals surface area contributed by atoms with Gasteiger partial charge in [-0.3, -0.25) is 4.79 Å². The Morgan fingerprint density at radius 2 is 1.75 bits per heavy atom. The normalized spacial score (nSPS) is 11.7. The summed E-state index contributed by atoms with van der Waals surface area (Å²) in [6.07, 6.45) is 0. The molecule has 0 aliphatic carbocycles. The molecule has 0 aliphatic rings. The molecule has 28 heavy (non-hydrogen) atoms. The third-order valence-corrected chi connectivity index (χ3v) is 5.80. The summed E-state index contributed by atoms with van der Waals surface area (Å²) in [5, 5.41) is 3.98. The van der Waals surface area contributed by atoms with Crippen molar-refractivity contribution in [1.82, 2.24) is 9.97 Å². The lowest BCUT2D eigenvalue weighted by atomic mass is 9.87. The molecule has 142 valence electrons. The predicted molar refractivity (Wildman–Crippen MR) is 118 cm³/mol. The lowest BCUT2D eigenvalue weighted by Gasteiger charge is -2.19. The van der Waals surface area contributed by atoms with Crippen LogP contribution >= 0.6 is 11.3 Å². The number of thiophene rings is 1. The fourth-order valence-electron chi connectivity index (χ4n) is 3.08. The first-order valence-electron chi connectivity index (χ1n) is 9.33. The third-order valence-electron chi connectivity index (χ3n) is 4.72. The molecule has 0 spiro atoms. The number of aromatic amines is 1. The minimum atomic E-state index is -0.0942. The van der Waals surface area contributed by atoms with Crippen molar-refractivity contribution in [3.8, 4) is 10.4 Å². The van der Waals surface area contributed by atoms with Gasteiger partial charge in [-0.25, -0.2) is 4.98 Å².